The summed E-state index contributed by atoms with van der Waals surface area (Å²) in [5.41, 5.74) is 15.5. The Labute approximate surface area is 174 Å². The van der Waals surface area contributed by atoms with Crippen molar-refractivity contribution in [2.75, 3.05) is 13.1 Å². The molecule has 0 bridgehead atoms. The average molecular weight is 404 g/mol. The van der Waals surface area contributed by atoms with Crippen LogP contribution in [-0.4, -0.2) is 44.8 Å². The monoisotopic (exact) mass is 404 g/mol. The number of hydrogen-bond acceptors (Lipinski definition) is 6. The number of amidine groups is 1. The molecule has 1 saturated heterocycles. The normalized spacial score (nSPS) is 14.8. The highest BCUT2D eigenvalue weighted by Crippen LogP contribution is 2.32. The smallest absolute Gasteiger partial charge is 0.254 e. The van der Waals surface area contributed by atoms with E-state index in [1.54, 1.807) is 18.2 Å². The van der Waals surface area contributed by atoms with E-state index in [4.69, 9.17) is 16.9 Å². The molecule has 2 aromatic carbocycles. The summed E-state index contributed by atoms with van der Waals surface area (Å²) in [5.74, 6) is -0.100. The Balaban J connectivity index is 1.79. The molecule has 1 unspecified atom stereocenters. The molecular weight excluding hydrogens is 380 g/mol. The molecule has 30 heavy (non-hydrogen) atoms. The fourth-order valence-corrected chi connectivity index (χ4v) is 3.92. The van der Waals surface area contributed by atoms with Gasteiger partial charge in [0.15, 0.2) is 0 Å². The van der Waals surface area contributed by atoms with Crippen LogP contribution in [0.15, 0.2) is 36.7 Å². The number of phenolic OH excluding ortho intramolecular Hbond substituents is 1. The van der Waals surface area contributed by atoms with Gasteiger partial charge in [0.25, 0.3) is 5.91 Å². The van der Waals surface area contributed by atoms with Crippen molar-refractivity contribution < 1.29 is 9.90 Å². The molecule has 1 amide bonds. The van der Waals surface area contributed by atoms with E-state index >= 15 is 0 Å². The lowest BCUT2D eigenvalue weighted by atomic mass is 9.96. The third kappa shape index (κ3) is 3.46. The minimum absolute atomic E-state index is 0.00295. The van der Waals surface area contributed by atoms with Gasteiger partial charge in [0.2, 0.25) is 0 Å². The van der Waals surface area contributed by atoms with Gasteiger partial charge in [-0.2, -0.15) is 0 Å². The number of nitrogens with zero attached hydrogens (tertiary/aromatic N) is 3. The molecule has 8 heteroatoms. The Kier molecular flexibility index (Phi) is 5.09. The van der Waals surface area contributed by atoms with Crippen molar-refractivity contribution in [3.63, 3.8) is 0 Å². The second-order valence-corrected chi connectivity index (χ2v) is 7.61. The SMILES string of the molecule is Cc1cc2c(C(N)c3cc(C(=N)N)ccc3O)ncnc2cc1C(=O)N1CCCC1. The number of nitrogens with one attached hydrogen (secondary N) is 1. The molecule has 0 spiro atoms. The minimum atomic E-state index is -0.755. The number of fused-ring (bicyclic) bond motifs is 1. The highest BCUT2D eigenvalue weighted by molar-refractivity contribution is 6.00. The van der Waals surface area contributed by atoms with Crippen molar-refractivity contribution in [1.29, 1.82) is 5.41 Å². The van der Waals surface area contributed by atoms with Crippen LogP contribution in [0.3, 0.4) is 0 Å². The number of hydrogen-bond donors (Lipinski definition) is 4. The molecular formula is C22H24N6O2. The summed E-state index contributed by atoms with van der Waals surface area (Å²) < 4.78 is 0. The van der Waals surface area contributed by atoms with E-state index in [0.29, 0.717) is 33.3 Å². The van der Waals surface area contributed by atoms with Crippen LogP contribution in [0.2, 0.25) is 0 Å². The van der Waals surface area contributed by atoms with Crippen molar-refractivity contribution in [3.05, 3.63) is 64.6 Å². The maximum Gasteiger partial charge on any atom is 0.254 e. The number of carbonyl (C=O) groups is 1. The van der Waals surface area contributed by atoms with Gasteiger partial charge >= 0.3 is 0 Å². The molecule has 0 radical (unpaired) electrons. The van der Waals surface area contributed by atoms with Gasteiger partial charge in [-0.25, -0.2) is 9.97 Å². The number of benzene rings is 2. The first-order chi connectivity index (χ1) is 14.4. The molecule has 2 heterocycles. The Hall–Kier alpha value is -3.52. The number of nitrogen functional groups attached to an aromatic ring is 1. The first-order valence-electron chi connectivity index (χ1n) is 9.84. The topological polar surface area (TPSA) is 142 Å². The largest absolute Gasteiger partial charge is 0.508 e. The van der Waals surface area contributed by atoms with Crippen LogP contribution in [0.1, 0.15) is 51.6 Å². The molecule has 0 aliphatic carbocycles. The summed E-state index contributed by atoms with van der Waals surface area (Å²) in [6.07, 6.45) is 3.47. The van der Waals surface area contributed by atoms with Gasteiger partial charge in [-0.15, -0.1) is 0 Å². The zero-order chi connectivity index (χ0) is 21.4. The van der Waals surface area contributed by atoms with Crippen LogP contribution in [0.25, 0.3) is 10.9 Å². The fourth-order valence-electron chi connectivity index (χ4n) is 3.92. The molecule has 6 N–H and O–H groups in total. The van der Waals surface area contributed by atoms with E-state index in [1.807, 2.05) is 17.9 Å². The molecule has 3 aromatic rings. The summed E-state index contributed by atoms with van der Waals surface area (Å²) >= 11 is 0. The highest BCUT2D eigenvalue weighted by atomic mass is 16.3. The maximum absolute atomic E-state index is 12.9. The van der Waals surface area contributed by atoms with Crippen molar-refractivity contribution >= 4 is 22.6 Å². The number of rotatable bonds is 4. The molecule has 0 saturated carbocycles. The van der Waals surface area contributed by atoms with E-state index in [0.717, 1.165) is 31.5 Å². The third-order valence-electron chi connectivity index (χ3n) is 5.60. The zero-order valence-electron chi connectivity index (χ0n) is 16.7. The quantitative estimate of drug-likeness (QED) is 0.388. The molecule has 1 aromatic heterocycles. The lowest BCUT2D eigenvalue weighted by Crippen LogP contribution is -2.28. The number of aromatic nitrogens is 2. The summed E-state index contributed by atoms with van der Waals surface area (Å²) in [6.45, 7) is 3.45. The van der Waals surface area contributed by atoms with E-state index < -0.39 is 6.04 Å². The van der Waals surface area contributed by atoms with Crippen LogP contribution in [0.5, 0.6) is 5.75 Å². The predicted molar refractivity (Wildman–Crippen MR) is 115 cm³/mol. The number of carbonyl (C=O) groups excluding carboxylic acids is 1. The fraction of sp³-hybridized carbons (Fsp3) is 0.273. The number of aryl methyl sites for hydroxylation is 1. The summed E-state index contributed by atoms with van der Waals surface area (Å²) in [7, 11) is 0. The average Bonchev–Trinajstić information content (AvgIpc) is 3.27. The highest BCUT2D eigenvalue weighted by Gasteiger charge is 2.23. The zero-order valence-corrected chi connectivity index (χ0v) is 16.7. The van der Waals surface area contributed by atoms with Crippen LogP contribution >= 0.6 is 0 Å². The van der Waals surface area contributed by atoms with Crippen molar-refractivity contribution in [2.24, 2.45) is 11.5 Å². The molecule has 154 valence electrons. The van der Waals surface area contributed by atoms with Crippen LogP contribution in [-0.2, 0) is 0 Å². The molecule has 8 nitrogen and oxygen atoms in total. The molecule has 1 aliphatic heterocycles. The van der Waals surface area contributed by atoms with Gasteiger partial charge in [-0.1, -0.05) is 0 Å². The number of phenols is 1. The predicted octanol–water partition coefficient (Wildman–Crippen LogP) is 2.21. The lowest BCUT2D eigenvalue weighted by Gasteiger charge is -2.19. The lowest BCUT2D eigenvalue weighted by molar-refractivity contribution is 0.0792. The van der Waals surface area contributed by atoms with Gasteiger partial charge < -0.3 is 21.5 Å². The summed E-state index contributed by atoms with van der Waals surface area (Å²) in [5, 5.41) is 18.7. The Morgan fingerprint density at radius 3 is 2.63 bits per heavy atom. The number of aromatic hydroxyl groups is 1. The Morgan fingerprint density at radius 2 is 1.93 bits per heavy atom. The van der Waals surface area contributed by atoms with Gasteiger partial charge in [0.05, 0.1) is 17.3 Å². The first kappa shape index (κ1) is 19.8. The van der Waals surface area contributed by atoms with E-state index in [1.165, 1.54) is 12.4 Å². The number of amides is 1. The van der Waals surface area contributed by atoms with Crippen LogP contribution < -0.4 is 11.5 Å². The molecule has 1 aliphatic rings. The third-order valence-corrected chi connectivity index (χ3v) is 5.60. The minimum Gasteiger partial charge on any atom is -0.508 e. The molecule has 4 rings (SSSR count). The summed E-state index contributed by atoms with van der Waals surface area (Å²) in [4.78, 5) is 23.5. The Morgan fingerprint density at radius 1 is 1.20 bits per heavy atom. The Bertz CT molecular complexity index is 1150. The molecule has 1 fully saturated rings. The van der Waals surface area contributed by atoms with Gasteiger partial charge in [0, 0.05) is 35.2 Å². The maximum atomic E-state index is 12.9. The van der Waals surface area contributed by atoms with E-state index in [2.05, 4.69) is 9.97 Å². The van der Waals surface area contributed by atoms with Crippen LogP contribution in [0.4, 0.5) is 0 Å². The van der Waals surface area contributed by atoms with Crippen molar-refractivity contribution in [1.82, 2.24) is 14.9 Å². The van der Waals surface area contributed by atoms with Crippen molar-refractivity contribution in [3.8, 4) is 5.75 Å². The van der Waals surface area contributed by atoms with Gasteiger partial charge in [-0.3, -0.25) is 10.2 Å². The van der Waals surface area contributed by atoms with E-state index in [-0.39, 0.29) is 17.5 Å². The standard InChI is InChI=1S/C22H24N6O2/c1-12-8-15-17(10-14(12)22(30)28-6-2-3-7-28)26-11-27-20(15)19(23)16-9-13(21(24)25)4-5-18(16)29/h4-5,8-11,19,29H,2-3,6-7,23H2,1H3,(H3,24,25). The van der Waals surface area contributed by atoms with Crippen molar-refractivity contribution in [2.45, 2.75) is 25.8 Å². The number of likely N-dealkylation sites (tertiary alicyclic amines) is 1. The second-order valence-electron chi connectivity index (χ2n) is 7.61. The van der Waals surface area contributed by atoms with Crippen LogP contribution in [0, 0.1) is 12.3 Å². The van der Waals surface area contributed by atoms with E-state index in [9.17, 15) is 9.90 Å². The molecule has 1 atom stereocenters. The first-order valence-corrected chi connectivity index (χ1v) is 9.84. The van der Waals surface area contributed by atoms with Gasteiger partial charge in [-0.05, 0) is 55.7 Å². The second kappa shape index (κ2) is 7.72. The van der Waals surface area contributed by atoms with Gasteiger partial charge in [0.1, 0.15) is 17.9 Å². The number of nitrogens with two attached hydrogens (primary N) is 2. The summed E-state index contributed by atoms with van der Waals surface area (Å²) in [6, 6.07) is 7.53.